The smallest absolute Gasteiger partial charge is 0.307 e. The van der Waals surface area contributed by atoms with E-state index in [0.717, 1.165) is 40.0 Å². The normalized spacial score (nSPS) is 11.5. The molecule has 0 saturated carbocycles. The summed E-state index contributed by atoms with van der Waals surface area (Å²) >= 11 is 0.993. The molecule has 0 radical (unpaired) electrons. The number of aromatic amines is 1. The maximum atomic E-state index is 11.4. The highest BCUT2D eigenvalue weighted by atomic mass is 32.2. The SMILES string of the molecule is Cn1c(COc2ccc(Cc3sc(=O)[nH]c3O)cc2)nc2ccc(Oc3ccc(NS(C)(=O)=O)cc3)cc21. The van der Waals surface area contributed by atoms with Crippen molar-refractivity contribution in [3.05, 3.63) is 92.7 Å². The van der Waals surface area contributed by atoms with E-state index in [2.05, 4.69) is 14.7 Å². The lowest BCUT2D eigenvalue weighted by Crippen LogP contribution is -2.09. The van der Waals surface area contributed by atoms with Gasteiger partial charge >= 0.3 is 4.87 Å². The fourth-order valence-corrected chi connectivity index (χ4v) is 5.18. The van der Waals surface area contributed by atoms with E-state index in [1.165, 1.54) is 0 Å². The van der Waals surface area contributed by atoms with E-state index in [0.29, 0.717) is 34.2 Å². The van der Waals surface area contributed by atoms with Crippen LogP contribution in [-0.4, -0.2) is 34.3 Å². The number of fused-ring (bicyclic) bond motifs is 1. The molecule has 0 aliphatic rings. The van der Waals surface area contributed by atoms with Crippen LogP contribution in [0.3, 0.4) is 0 Å². The van der Waals surface area contributed by atoms with E-state index < -0.39 is 10.0 Å². The topological polar surface area (TPSA) is 136 Å². The van der Waals surface area contributed by atoms with Gasteiger partial charge in [0.15, 0.2) is 0 Å². The van der Waals surface area contributed by atoms with Gasteiger partial charge in [-0.2, -0.15) is 0 Å². The fourth-order valence-electron chi connectivity index (χ4n) is 3.86. The van der Waals surface area contributed by atoms with E-state index in [9.17, 15) is 18.3 Å². The summed E-state index contributed by atoms with van der Waals surface area (Å²) in [7, 11) is -1.44. The number of ether oxygens (including phenoxy) is 2. The van der Waals surface area contributed by atoms with Gasteiger partial charge in [-0.3, -0.25) is 14.5 Å². The van der Waals surface area contributed by atoms with Gasteiger partial charge in [0, 0.05) is 25.2 Å². The Morgan fingerprint density at radius 3 is 2.37 bits per heavy atom. The lowest BCUT2D eigenvalue weighted by atomic mass is 10.1. The summed E-state index contributed by atoms with van der Waals surface area (Å²) in [6, 6.07) is 19.7. The molecule has 0 unspecified atom stereocenters. The van der Waals surface area contributed by atoms with Crippen LogP contribution in [0.4, 0.5) is 5.69 Å². The van der Waals surface area contributed by atoms with Crippen molar-refractivity contribution in [2.24, 2.45) is 7.05 Å². The Morgan fingerprint density at radius 1 is 1.03 bits per heavy atom. The Hall–Kier alpha value is -4.29. The number of H-pyrrole nitrogens is 1. The van der Waals surface area contributed by atoms with Crippen molar-refractivity contribution < 1.29 is 23.0 Å². The summed E-state index contributed by atoms with van der Waals surface area (Å²) in [4.78, 5) is 18.7. The van der Waals surface area contributed by atoms with Crippen molar-refractivity contribution in [1.82, 2.24) is 14.5 Å². The number of aryl methyl sites for hydroxylation is 1. The Morgan fingerprint density at radius 2 is 1.71 bits per heavy atom. The van der Waals surface area contributed by atoms with Gasteiger partial charge in [-0.25, -0.2) is 13.4 Å². The number of nitrogens with zero attached hydrogens (tertiary/aromatic N) is 2. The molecule has 3 aromatic carbocycles. The zero-order chi connectivity index (χ0) is 26.9. The summed E-state index contributed by atoms with van der Waals surface area (Å²) in [6.07, 6.45) is 1.55. The molecule has 196 valence electrons. The minimum Gasteiger partial charge on any atom is -0.494 e. The largest absolute Gasteiger partial charge is 0.494 e. The van der Waals surface area contributed by atoms with E-state index >= 15 is 0 Å². The molecule has 2 heterocycles. The molecule has 0 saturated heterocycles. The van der Waals surface area contributed by atoms with Crippen LogP contribution in [-0.2, 0) is 30.1 Å². The van der Waals surface area contributed by atoms with E-state index in [1.54, 1.807) is 24.3 Å². The zero-order valence-corrected chi connectivity index (χ0v) is 22.1. The molecule has 2 aromatic heterocycles. The number of rotatable bonds is 9. The van der Waals surface area contributed by atoms with Crippen LogP contribution in [0.25, 0.3) is 11.0 Å². The Balaban J connectivity index is 1.24. The first-order valence-corrected chi connectivity index (χ1v) is 14.2. The van der Waals surface area contributed by atoms with E-state index in [4.69, 9.17) is 9.47 Å². The lowest BCUT2D eigenvalue weighted by Gasteiger charge is -2.09. The molecule has 0 spiro atoms. The van der Waals surface area contributed by atoms with Gasteiger partial charge in [0.05, 0.1) is 22.2 Å². The number of imidazole rings is 1. The molecule has 0 amide bonds. The molecule has 10 nitrogen and oxygen atoms in total. The van der Waals surface area contributed by atoms with Gasteiger partial charge < -0.3 is 19.1 Å². The standard InChI is InChI=1S/C26H24N4O6S2/c1-30-22-14-20(36-19-9-5-17(6-10-19)29-38(2,33)34)11-12-21(22)27-24(30)15-35-18-7-3-16(4-8-18)13-23-25(31)28-26(32)37-23/h3-12,14,29,31H,13,15H2,1-2H3,(H,28,32). The van der Waals surface area contributed by atoms with Gasteiger partial charge in [-0.15, -0.1) is 0 Å². The van der Waals surface area contributed by atoms with Crippen molar-refractivity contribution >= 4 is 38.1 Å². The average molecular weight is 553 g/mol. The molecule has 0 fully saturated rings. The van der Waals surface area contributed by atoms with Gasteiger partial charge in [0.25, 0.3) is 0 Å². The van der Waals surface area contributed by atoms with Crippen LogP contribution in [0.2, 0.25) is 0 Å². The van der Waals surface area contributed by atoms with Gasteiger partial charge in [0.1, 0.15) is 29.7 Å². The summed E-state index contributed by atoms with van der Waals surface area (Å²) in [5.74, 6) is 2.50. The third-order valence-corrected chi connectivity index (χ3v) is 7.17. The molecule has 12 heteroatoms. The molecule has 0 atom stereocenters. The number of nitrogens with one attached hydrogen (secondary N) is 2. The predicted molar refractivity (Wildman–Crippen MR) is 146 cm³/mol. The second-order valence-corrected chi connectivity index (χ2v) is 11.5. The van der Waals surface area contributed by atoms with Crippen LogP contribution in [0.15, 0.2) is 71.5 Å². The van der Waals surface area contributed by atoms with E-state index in [1.807, 2.05) is 54.1 Å². The lowest BCUT2D eigenvalue weighted by molar-refractivity contribution is 0.292. The first-order chi connectivity index (χ1) is 18.1. The van der Waals surface area contributed by atoms with Crippen molar-refractivity contribution in [2.45, 2.75) is 13.0 Å². The second kappa shape index (κ2) is 10.2. The van der Waals surface area contributed by atoms with Crippen LogP contribution in [0, 0.1) is 0 Å². The number of anilines is 1. The summed E-state index contributed by atoms with van der Waals surface area (Å²) in [5.41, 5.74) is 3.07. The number of hydrogen-bond acceptors (Lipinski definition) is 8. The molecule has 3 N–H and O–H groups in total. The third-order valence-electron chi connectivity index (χ3n) is 5.69. The maximum absolute atomic E-state index is 11.4. The molecular formula is C26H24N4O6S2. The molecular weight excluding hydrogens is 528 g/mol. The summed E-state index contributed by atoms with van der Waals surface area (Å²) in [5, 5.41) is 9.77. The highest BCUT2D eigenvalue weighted by molar-refractivity contribution is 7.92. The number of sulfonamides is 1. The van der Waals surface area contributed by atoms with Crippen LogP contribution >= 0.6 is 11.3 Å². The number of thiazole rings is 1. The van der Waals surface area contributed by atoms with Crippen LogP contribution in [0.5, 0.6) is 23.1 Å². The summed E-state index contributed by atoms with van der Waals surface area (Å²) in [6.45, 7) is 0.260. The monoisotopic (exact) mass is 552 g/mol. The predicted octanol–water partition coefficient (Wildman–Crippen LogP) is 4.36. The number of benzene rings is 3. The minimum atomic E-state index is -3.34. The van der Waals surface area contributed by atoms with Gasteiger partial charge in [0.2, 0.25) is 15.9 Å². The average Bonchev–Trinajstić information content (AvgIpc) is 3.36. The number of aromatic nitrogens is 3. The Kier molecular flexibility index (Phi) is 6.83. The summed E-state index contributed by atoms with van der Waals surface area (Å²) < 4.78 is 39.0. The van der Waals surface area contributed by atoms with Crippen molar-refractivity contribution in [3.8, 4) is 23.1 Å². The highest BCUT2D eigenvalue weighted by Gasteiger charge is 2.12. The van der Waals surface area contributed by atoms with Crippen LogP contribution in [0.1, 0.15) is 16.3 Å². The fraction of sp³-hybridized carbons (Fsp3) is 0.154. The third kappa shape index (κ3) is 5.98. The van der Waals surface area contributed by atoms with Crippen LogP contribution < -0.4 is 19.1 Å². The van der Waals surface area contributed by atoms with Gasteiger partial charge in [-0.1, -0.05) is 23.5 Å². The minimum absolute atomic E-state index is 0.0875. The quantitative estimate of drug-likeness (QED) is 0.247. The first kappa shape index (κ1) is 25.4. The number of aromatic hydroxyl groups is 1. The Labute approximate surface area is 222 Å². The van der Waals surface area contributed by atoms with Crippen molar-refractivity contribution in [3.63, 3.8) is 0 Å². The van der Waals surface area contributed by atoms with Gasteiger partial charge in [-0.05, 0) is 54.1 Å². The van der Waals surface area contributed by atoms with E-state index in [-0.39, 0.29) is 17.4 Å². The number of hydrogen-bond donors (Lipinski definition) is 3. The molecule has 0 aliphatic heterocycles. The zero-order valence-electron chi connectivity index (χ0n) is 20.5. The van der Waals surface area contributed by atoms with Crippen molar-refractivity contribution in [1.29, 1.82) is 0 Å². The second-order valence-electron chi connectivity index (χ2n) is 8.63. The molecule has 5 rings (SSSR count). The first-order valence-electron chi connectivity index (χ1n) is 11.5. The maximum Gasteiger partial charge on any atom is 0.307 e. The molecule has 0 bridgehead atoms. The highest BCUT2D eigenvalue weighted by Crippen LogP contribution is 2.28. The molecule has 5 aromatic rings. The molecule has 38 heavy (non-hydrogen) atoms. The Bertz CT molecular complexity index is 1750. The molecule has 0 aliphatic carbocycles. The van der Waals surface area contributed by atoms with Crippen molar-refractivity contribution in [2.75, 3.05) is 11.0 Å².